The van der Waals surface area contributed by atoms with Crippen molar-refractivity contribution in [2.45, 2.75) is 38.0 Å². The first-order valence-corrected chi connectivity index (χ1v) is 8.97. The molecule has 0 amide bonds. The van der Waals surface area contributed by atoms with E-state index in [0.717, 1.165) is 12.8 Å². The van der Waals surface area contributed by atoms with Crippen molar-refractivity contribution in [3.8, 4) is 0 Å². The van der Waals surface area contributed by atoms with Gasteiger partial charge in [0.05, 0.1) is 15.8 Å². The van der Waals surface area contributed by atoms with E-state index in [1.54, 1.807) is 6.07 Å². The highest BCUT2D eigenvalue weighted by Gasteiger charge is 2.22. The molecule has 0 spiro atoms. The monoisotopic (exact) mass is 337 g/mol. The minimum Gasteiger partial charge on any atom is -0.330 e. The molecule has 0 unspecified atom stereocenters. The summed E-state index contributed by atoms with van der Waals surface area (Å²) >= 11 is 11.9. The van der Waals surface area contributed by atoms with Crippen molar-refractivity contribution in [3.63, 3.8) is 0 Å². The van der Waals surface area contributed by atoms with Gasteiger partial charge in [-0.25, -0.2) is 8.42 Å². The van der Waals surface area contributed by atoms with Crippen LogP contribution in [0, 0.1) is 5.41 Å². The lowest BCUT2D eigenvalue weighted by atomic mass is 9.88. The molecule has 114 valence electrons. The highest BCUT2D eigenvalue weighted by molar-refractivity contribution is 7.91. The predicted octanol–water partition coefficient (Wildman–Crippen LogP) is 3.92. The number of nitrogens with two attached hydrogens (primary N) is 1. The molecule has 1 aromatic carbocycles. The summed E-state index contributed by atoms with van der Waals surface area (Å²) in [6.07, 6.45) is 2.29. The molecular formula is C14H21Cl2NO2S. The molecule has 0 radical (unpaired) electrons. The van der Waals surface area contributed by atoms with E-state index >= 15 is 0 Å². The van der Waals surface area contributed by atoms with Crippen molar-refractivity contribution < 1.29 is 8.42 Å². The second kappa shape index (κ2) is 7.12. The predicted molar refractivity (Wildman–Crippen MR) is 85.2 cm³/mol. The van der Waals surface area contributed by atoms with Crippen molar-refractivity contribution in [1.29, 1.82) is 0 Å². The topological polar surface area (TPSA) is 60.2 Å². The van der Waals surface area contributed by atoms with Crippen LogP contribution in [0.2, 0.25) is 10.0 Å². The maximum Gasteiger partial charge on any atom is 0.181 e. The maximum atomic E-state index is 12.3. The van der Waals surface area contributed by atoms with Gasteiger partial charge in [-0.3, -0.25) is 0 Å². The van der Waals surface area contributed by atoms with E-state index in [1.807, 2.05) is 0 Å². The number of unbranched alkanes of at least 4 members (excludes halogenated alkanes) is 1. The summed E-state index contributed by atoms with van der Waals surface area (Å²) in [5.41, 5.74) is 5.70. The fourth-order valence-corrected chi connectivity index (χ4v) is 4.50. The summed E-state index contributed by atoms with van der Waals surface area (Å²) in [4.78, 5) is 0.0430. The highest BCUT2D eigenvalue weighted by Crippen LogP contribution is 2.30. The zero-order chi connectivity index (χ0) is 15.4. The van der Waals surface area contributed by atoms with Crippen LogP contribution in [0.15, 0.2) is 23.1 Å². The molecule has 0 heterocycles. The van der Waals surface area contributed by atoms with E-state index in [0.29, 0.717) is 13.0 Å². The van der Waals surface area contributed by atoms with Crippen molar-refractivity contribution in [2.24, 2.45) is 11.1 Å². The van der Waals surface area contributed by atoms with Crippen molar-refractivity contribution in [3.05, 3.63) is 28.2 Å². The molecule has 2 N–H and O–H groups in total. The summed E-state index contributed by atoms with van der Waals surface area (Å²) in [5, 5.41) is 0.361. The molecule has 0 bridgehead atoms. The van der Waals surface area contributed by atoms with Gasteiger partial charge in [0, 0.05) is 0 Å². The SMILES string of the molecule is CC(C)(CN)CCCCS(=O)(=O)c1c(Cl)cccc1Cl. The number of halogens is 2. The summed E-state index contributed by atoms with van der Waals surface area (Å²) in [5.74, 6) is 0.0527. The first-order chi connectivity index (χ1) is 9.19. The normalized spacial score (nSPS) is 12.7. The lowest BCUT2D eigenvalue weighted by Crippen LogP contribution is -2.23. The van der Waals surface area contributed by atoms with Gasteiger partial charge < -0.3 is 5.73 Å². The lowest BCUT2D eigenvalue weighted by Gasteiger charge is -2.21. The molecule has 0 saturated carbocycles. The average Bonchev–Trinajstić information content (AvgIpc) is 2.34. The van der Waals surface area contributed by atoms with Crippen LogP contribution in [0.1, 0.15) is 33.1 Å². The van der Waals surface area contributed by atoms with E-state index in [-0.39, 0.29) is 26.1 Å². The third-order valence-electron chi connectivity index (χ3n) is 3.30. The van der Waals surface area contributed by atoms with Crippen molar-refractivity contribution in [1.82, 2.24) is 0 Å². The maximum absolute atomic E-state index is 12.3. The van der Waals surface area contributed by atoms with E-state index in [2.05, 4.69) is 13.8 Å². The molecule has 0 aliphatic carbocycles. The Morgan fingerprint density at radius 2 is 1.70 bits per heavy atom. The largest absolute Gasteiger partial charge is 0.330 e. The molecule has 6 heteroatoms. The van der Waals surface area contributed by atoms with Crippen LogP contribution >= 0.6 is 23.2 Å². The number of benzene rings is 1. The molecule has 1 aromatic rings. The van der Waals surface area contributed by atoms with Gasteiger partial charge in [-0.05, 0) is 36.9 Å². The number of rotatable bonds is 7. The van der Waals surface area contributed by atoms with Gasteiger partial charge in [-0.1, -0.05) is 49.5 Å². The van der Waals surface area contributed by atoms with Crippen LogP contribution in [0.5, 0.6) is 0 Å². The summed E-state index contributed by atoms with van der Waals surface area (Å²) in [6, 6.07) is 4.71. The minimum absolute atomic E-state index is 0.0430. The molecule has 0 saturated heterocycles. The quantitative estimate of drug-likeness (QED) is 0.767. The Bertz CT molecular complexity index is 536. The molecule has 0 aliphatic heterocycles. The van der Waals surface area contributed by atoms with Crippen molar-refractivity contribution in [2.75, 3.05) is 12.3 Å². The molecule has 20 heavy (non-hydrogen) atoms. The summed E-state index contributed by atoms with van der Waals surface area (Å²) < 4.78 is 24.5. The van der Waals surface area contributed by atoms with Gasteiger partial charge in [-0.15, -0.1) is 0 Å². The van der Waals surface area contributed by atoms with Crippen LogP contribution in [0.4, 0.5) is 0 Å². The smallest absolute Gasteiger partial charge is 0.181 e. The van der Waals surface area contributed by atoms with Gasteiger partial charge in [0.2, 0.25) is 0 Å². The van der Waals surface area contributed by atoms with E-state index in [1.165, 1.54) is 12.1 Å². The van der Waals surface area contributed by atoms with Crippen molar-refractivity contribution >= 4 is 33.0 Å². The molecular weight excluding hydrogens is 317 g/mol. The number of hydrogen-bond acceptors (Lipinski definition) is 3. The first kappa shape index (κ1) is 17.8. The highest BCUT2D eigenvalue weighted by atomic mass is 35.5. The number of hydrogen-bond donors (Lipinski definition) is 1. The zero-order valence-electron chi connectivity index (χ0n) is 11.8. The Morgan fingerprint density at radius 3 is 2.20 bits per heavy atom. The molecule has 0 atom stereocenters. The van der Waals surface area contributed by atoms with Gasteiger partial charge in [0.1, 0.15) is 4.90 Å². The third kappa shape index (κ3) is 4.92. The number of sulfone groups is 1. The lowest BCUT2D eigenvalue weighted by molar-refractivity contribution is 0.335. The molecule has 1 rings (SSSR count). The minimum atomic E-state index is -3.44. The zero-order valence-corrected chi connectivity index (χ0v) is 14.2. The van der Waals surface area contributed by atoms with Gasteiger partial charge in [0.25, 0.3) is 0 Å². The third-order valence-corrected chi connectivity index (χ3v) is 6.04. The van der Waals surface area contributed by atoms with Crippen LogP contribution in [-0.4, -0.2) is 20.7 Å². The van der Waals surface area contributed by atoms with E-state index < -0.39 is 9.84 Å². The average molecular weight is 338 g/mol. The molecule has 0 aromatic heterocycles. The van der Waals surface area contributed by atoms with E-state index in [4.69, 9.17) is 28.9 Å². The van der Waals surface area contributed by atoms with Crippen LogP contribution in [-0.2, 0) is 9.84 Å². The van der Waals surface area contributed by atoms with Crippen LogP contribution in [0.25, 0.3) is 0 Å². The second-order valence-corrected chi connectivity index (χ2v) is 8.56. The second-order valence-electron chi connectivity index (χ2n) is 5.70. The standard InChI is InChI=1S/C14H21Cl2NO2S/c1-14(2,10-17)8-3-4-9-20(18,19)13-11(15)6-5-7-12(13)16/h5-7H,3-4,8-10,17H2,1-2H3. The first-order valence-electron chi connectivity index (χ1n) is 6.56. The van der Waals surface area contributed by atoms with Gasteiger partial charge in [-0.2, -0.15) is 0 Å². The summed E-state index contributed by atoms with van der Waals surface area (Å²) in [7, 11) is -3.44. The molecule has 0 fully saturated rings. The van der Waals surface area contributed by atoms with Gasteiger partial charge >= 0.3 is 0 Å². The fraction of sp³-hybridized carbons (Fsp3) is 0.571. The molecule has 3 nitrogen and oxygen atoms in total. The van der Waals surface area contributed by atoms with Crippen LogP contribution < -0.4 is 5.73 Å². The molecule has 0 aliphatic rings. The van der Waals surface area contributed by atoms with Crippen LogP contribution in [0.3, 0.4) is 0 Å². The fourth-order valence-electron chi connectivity index (χ4n) is 1.88. The van der Waals surface area contributed by atoms with E-state index in [9.17, 15) is 8.42 Å². The summed E-state index contributed by atoms with van der Waals surface area (Å²) in [6.45, 7) is 4.74. The Kier molecular flexibility index (Phi) is 6.32. The van der Waals surface area contributed by atoms with Gasteiger partial charge in [0.15, 0.2) is 9.84 Å². The Balaban J connectivity index is 2.68. The Hall–Kier alpha value is -0.290. The Morgan fingerprint density at radius 1 is 1.15 bits per heavy atom. The Labute approximate surface area is 131 Å².